The Balaban J connectivity index is 0.00000139. The highest BCUT2D eigenvalue weighted by Gasteiger charge is 2.33. The van der Waals surface area contributed by atoms with Crippen LogP contribution in [0.3, 0.4) is 0 Å². The summed E-state index contributed by atoms with van der Waals surface area (Å²) in [7, 11) is 1.59. The Morgan fingerprint density at radius 3 is 2.33 bits per heavy atom. The van der Waals surface area contributed by atoms with Crippen molar-refractivity contribution in [1.82, 2.24) is 4.90 Å². The van der Waals surface area contributed by atoms with Gasteiger partial charge in [0.1, 0.15) is 11.6 Å². The van der Waals surface area contributed by atoms with Crippen LogP contribution in [0.25, 0.3) is 0 Å². The van der Waals surface area contributed by atoms with E-state index in [2.05, 4.69) is 13.8 Å². The highest BCUT2D eigenvalue weighted by Crippen LogP contribution is 2.35. The van der Waals surface area contributed by atoms with Crippen molar-refractivity contribution >= 4 is 5.91 Å². The average molecular weight is 335 g/mol. The molecular weight excluding hydrogens is 305 g/mol. The minimum atomic E-state index is -0.265. The van der Waals surface area contributed by atoms with Crippen LogP contribution in [0.5, 0.6) is 0 Å². The van der Waals surface area contributed by atoms with Gasteiger partial charge in [0, 0.05) is 13.0 Å². The van der Waals surface area contributed by atoms with Crippen LogP contribution >= 0.6 is 0 Å². The molecule has 2 rings (SSSR count). The average Bonchev–Trinajstić information content (AvgIpc) is 2.58. The number of carbonyl (C=O) groups excluding carboxylic acids is 1. The summed E-state index contributed by atoms with van der Waals surface area (Å²) in [6.07, 6.45) is 1.58. The Kier molecular flexibility index (Phi) is 7.96. The van der Waals surface area contributed by atoms with E-state index in [0.29, 0.717) is 24.5 Å². The molecule has 0 fully saturated rings. The number of methoxy groups -OCH3 is 1. The molecular formula is C20H30FNO2. The largest absolute Gasteiger partial charge is 0.501 e. The number of amides is 1. The molecule has 1 aromatic carbocycles. The number of hydrogen-bond donors (Lipinski definition) is 0. The fourth-order valence-electron chi connectivity index (χ4n) is 2.79. The standard InChI is InChI=1S/C18H24FNO2.C2H6/c1-12(2)9-10-20-16(14-5-7-15(19)8-6-14)11-17(22-4)13(3)18(20)21;1-2/h5-8,12,16H,9-11H2,1-4H3;1-2H3. The van der Waals surface area contributed by atoms with Gasteiger partial charge in [-0.1, -0.05) is 39.8 Å². The first-order valence-electron chi connectivity index (χ1n) is 8.74. The molecule has 1 aliphatic rings. The highest BCUT2D eigenvalue weighted by molar-refractivity contribution is 5.94. The summed E-state index contributed by atoms with van der Waals surface area (Å²) in [6.45, 7) is 10.8. The number of hydrogen-bond acceptors (Lipinski definition) is 2. The minimum absolute atomic E-state index is 0.0121. The van der Waals surface area contributed by atoms with Crippen molar-refractivity contribution in [3.63, 3.8) is 0 Å². The molecule has 4 heteroatoms. The SMILES string of the molecule is CC.COC1=C(C)C(=O)N(CCC(C)C)C(c2ccc(F)cc2)C1. The van der Waals surface area contributed by atoms with Crippen LogP contribution in [-0.2, 0) is 9.53 Å². The van der Waals surface area contributed by atoms with Crippen LogP contribution in [0.4, 0.5) is 4.39 Å². The zero-order valence-electron chi connectivity index (χ0n) is 15.7. The van der Waals surface area contributed by atoms with Crippen molar-refractivity contribution in [3.05, 3.63) is 47.0 Å². The van der Waals surface area contributed by atoms with E-state index >= 15 is 0 Å². The van der Waals surface area contributed by atoms with Crippen LogP contribution in [-0.4, -0.2) is 24.5 Å². The molecule has 0 N–H and O–H groups in total. The predicted molar refractivity (Wildman–Crippen MR) is 96.0 cm³/mol. The lowest BCUT2D eigenvalue weighted by molar-refractivity contribution is -0.131. The fraction of sp³-hybridized carbons (Fsp3) is 0.550. The second-order valence-electron chi connectivity index (χ2n) is 6.20. The monoisotopic (exact) mass is 335 g/mol. The van der Waals surface area contributed by atoms with Gasteiger partial charge in [0.2, 0.25) is 0 Å². The first-order valence-corrected chi connectivity index (χ1v) is 8.74. The number of nitrogens with zero attached hydrogens (tertiary/aromatic N) is 1. The Labute approximate surface area is 145 Å². The molecule has 0 spiro atoms. The Morgan fingerprint density at radius 2 is 1.83 bits per heavy atom. The summed E-state index contributed by atoms with van der Waals surface area (Å²) >= 11 is 0. The summed E-state index contributed by atoms with van der Waals surface area (Å²) in [5.74, 6) is 0.992. The van der Waals surface area contributed by atoms with Crippen molar-refractivity contribution in [2.45, 2.75) is 53.5 Å². The molecule has 1 aliphatic heterocycles. The summed E-state index contributed by atoms with van der Waals surface area (Å²) in [5, 5.41) is 0. The Hall–Kier alpha value is -1.84. The van der Waals surface area contributed by atoms with Crippen LogP contribution in [0.15, 0.2) is 35.6 Å². The molecule has 0 saturated heterocycles. The quantitative estimate of drug-likeness (QED) is 0.750. The molecule has 0 radical (unpaired) electrons. The van der Waals surface area contributed by atoms with E-state index in [1.807, 2.05) is 25.7 Å². The van der Waals surface area contributed by atoms with Gasteiger partial charge in [-0.15, -0.1) is 0 Å². The molecule has 0 aliphatic carbocycles. The molecule has 1 aromatic rings. The maximum atomic E-state index is 13.2. The minimum Gasteiger partial charge on any atom is -0.501 e. The van der Waals surface area contributed by atoms with Crippen molar-refractivity contribution in [1.29, 1.82) is 0 Å². The van der Waals surface area contributed by atoms with Gasteiger partial charge >= 0.3 is 0 Å². The van der Waals surface area contributed by atoms with Gasteiger partial charge in [-0.05, 0) is 37.0 Å². The Morgan fingerprint density at radius 1 is 1.25 bits per heavy atom. The first kappa shape index (κ1) is 20.2. The van der Waals surface area contributed by atoms with Gasteiger partial charge in [0.15, 0.2) is 0 Å². The normalized spacial score (nSPS) is 17.8. The first-order chi connectivity index (χ1) is 11.4. The maximum absolute atomic E-state index is 13.2. The lowest BCUT2D eigenvalue weighted by Gasteiger charge is -2.37. The van der Waals surface area contributed by atoms with Crippen molar-refractivity contribution in [3.8, 4) is 0 Å². The molecule has 1 unspecified atom stereocenters. The van der Waals surface area contributed by atoms with E-state index in [1.54, 1.807) is 19.2 Å². The molecule has 0 aromatic heterocycles. The maximum Gasteiger partial charge on any atom is 0.253 e. The van der Waals surface area contributed by atoms with Gasteiger partial charge in [-0.2, -0.15) is 0 Å². The number of ether oxygens (including phenoxy) is 1. The summed E-state index contributed by atoms with van der Waals surface area (Å²) in [5.41, 5.74) is 1.62. The number of halogens is 1. The van der Waals surface area contributed by atoms with Crippen molar-refractivity contribution in [2.75, 3.05) is 13.7 Å². The molecule has 134 valence electrons. The van der Waals surface area contributed by atoms with E-state index in [1.165, 1.54) is 12.1 Å². The summed E-state index contributed by atoms with van der Waals surface area (Å²) in [6, 6.07) is 6.30. The van der Waals surface area contributed by atoms with E-state index in [9.17, 15) is 9.18 Å². The summed E-state index contributed by atoms with van der Waals surface area (Å²) < 4.78 is 18.6. The van der Waals surface area contributed by atoms with Crippen molar-refractivity contribution < 1.29 is 13.9 Å². The zero-order chi connectivity index (χ0) is 18.3. The molecule has 1 amide bonds. The van der Waals surface area contributed by atoms with E-state index < -0.39 is 0 Å². The predicted octanol–water partition coefficient (Wildman–Crippen LogP) is 5.09. The molecule has 1 heterocycles. The lowest BCUT2D eigenvalue weighted by atomic mass is 9.93. The fourth-order valence-corrected chi connectivity index (χ4v) is 2.79. The number of rotatable bonds is 5. The van der Waals surface area contributed by atoms with E-state index in [0.717, 1.165) is 17.7 Å². The van der Waals surface area contributed by atoms with Crippen LogP contribution in [0.1, 0.15) is 59.1 Å². The zero-order valence-corrected chi connectivity index (χ0v) is 15.7. The van der Waals surface area contributed by atoms with Gasteiger partial charge in [-0.25, -0.2) is 4.39 Å². The van der Waals surface area contributed by atoms with Gasteiger partial charge in [-0.3, -0.25) is 4.79 Å². The lowest BCUT2D eigenvalue weighted by Crippen LogP contribution is -2.40. The topological polar surface area (TPSA) is 29.5 Å². The second-order valence-corrected chi connectivity index (χ2v) is 6.20. The smallest absolute Gasteiger partial charge is 0.253 e. The molecule has 3 nitrogen and oxygen atoms in total. The van der Waals surface area contributed by atoms with E-state index in [-0.39, 0.29) is 17.8 Å². The third kappa shape index (κ3) is 4.83. The molecule has 0 bridgehead atoms. The van der Waals surface area contributed by atoms with Gasteiger partial charge in [0.25, 0.3) is 5.91 Å². The molecule has 24 heavy (non-hydrogen) atoms. The second kappa shape index (κ2) is 9.45. The van der Waals surface area contributed by atoms with Crippen LogP contribution < -0.4 is 0 Å². The molecule has 1 atom stereocenters. The molecule has 0 saturated carbocycles. The Bertz CT molecular complexity index is 564. The van der Waals surface area contributed by atoms with Gasteiger partial charge < -0.3 is 9.64 Å². The van der Waals surface area contributed by atoms with E-state index in [4.69, 9.17) is 4.74 Å². The highest BCUT2D eigenvalue weighted by atomic mass is 19.1. The van der Waals surface area contributed by atoms with Gasteiger partial charge in [0.05, 0.1) is 18.7 Å². The third-order valence-electron chi connectivity index (χ3n) is 4.20. The third-order valence-corrected chi connectivity index (χ3v) is 4.20. The van der Waals surface area contributed by atoms with Crippen LogP contribution in [0, 0.1) is 11.7 Å². The summed E-state index contributed by atoms with van der Waals surface area (Å²) in [4.78, 5) is 14.6. The number of carbonyl (C=O) groups is 1. The number of benzene rings is 1. The van der Waals surface area contributed by atoms with Crippen LogP contribution in [0.2, 0.25) is 0 Å². The van der Waals surface area contributed by atoms with Crippen molar-refractivity contribution in [2.24, 2.45) is 5.92 Å².